The standard InChI is InChI=1S/C15H27N3/c1-13-12-15(14(2)17(13)3)6-4-5-9-18-10-7-16-8-11-18/h12,16H,4-11H2,1-3H3. The molecule has 1 aliphatic rings. The maximum Gasteiger partial charge on any atom is 0.0175 e. The van der Waals surface area contributed by atoms with Crippen LogP contribution < -0.4 is 5.32 Å². The second-order valence-electron chi connectivity index (χ2n) is 5.50. The molecule has 2 rings (SSSR count). The molecule has 18 heavy (non-hydrogen) atoms. The first kappa shape index (κ1) is 13.6. The topological polar surface area (TPSA) is 20.2 Å². The lowest BCUT2D eigenvalue weighted by molar-refractivity contribution is 0.237. The van der Waals surface area contributed by atoms with Gasteiger partial charge in [-0.05, 0) is 51.3 Å². The summed E-state index contributed by atoms with van der Waals surface area (Å²) in [6.45, 7) is 10.5. The Kier molecular flexibility index (Phi) is 4.84. The van der Waals surface area contributed by atoms with Crippen molar-refractivity contribution in [3.63, 3.8) is 0 Å². The van der Waals surface area contributed by atoms with Crippen LogP contribution in [0.4, 0.5) is 0 Å². The van der Waals surface area contributed by atoms with Gasteiger partial charge in [-0.15, -0.1) is 0 Å². The minimum absolute atomic E-state index is 1.16. The molecule has 0 bridgehead atoms. The lowest BCUT2D eigenvalue weighted by Crippen LogP contribution is -2.43. The zero-order valence-electron chi connectivity index (χ0n) is 12.1. The van der Waals surface area contributed by atoms with Crippen LogP contribution in [0.15, 0.2) is 6.07 Å². The van der Waals surface area contributed by atoms with Crippen molar-refractivity contribution in [2.75, 3.05) is 32.7 Å². The van der Waals surface area contributed by atoms with E-state index in [0.29, 0.717) is 0 Å². The van der Waals surface area contributed by atoms with Crippen LogP contribution in [-0.2, 0) is 13.5 Å². The van der Waals surface area contributed by atoms with Crippen molar-refractivity contribution in [3.8, 4) is 0 Å². The molecule has 3 nitrogen and oxygen atoms in total. The van der Waals surface area contributed by atoms with E-state index < -0.39 is 0 Å². The van der Waals surface area contributed by atoms with Crippen LogP contribution in [0.3, 0.4) is 0 Å². The van der Waals surface area contributed by atoms with E-state index in [0.717, 1.165) is 13.1 Å². The van der Waals surface area contributed by atoms with Crippen molar-refractivity contribution in [3.05, 3.63) is 23.0 Å². The van der Waals surface area contributed by atoms with Crippen molar-refractivity contribution >= 4 is 0 Å². The Morgan fingerprint density at radius 1 is 1.17 bits per heavy atom. The molecule has 1 N–H and O–H groups in total. The van der Waals surface area contributed by atoms with Gasteiger partial charge in [0.1, 0.15) is 0 Å². The van der Waals surface area contributed by atoms with E-state index in [1.807, 2.05) is 0 Å². The first-order valence-corrected chi connectivity index (χ1v) is 7.23. The number of nitrogens with one attached hydrogen (secondary N) is 1. The van der Waals surface area contributed by atoms with E-state index in [9.17, 15) is 0 Å². The monoisotopic (exact) mass is 249 g/mol. The predicted octanol–water partition coefficient (Wildman–Crippen LogP) is 1.87. The van der Waals surface area contributed by atoms with Gasteiger partial charge in [-0.1, -0.05) is 0 Å². The molecule has 1 aromatic rings. The van der Waals surface area contributed by atoms with Crippen molar-refractivity contribution in [1.82, 2.24) is 14.8 Å². The third-order valence-corrected chi connectivity index (χ3v) is 4.26. The molecule has 1 aliphatic heterocycles. The van der Waals surface area contributed by atoms with Gasteiger partial charge in [0.2, 0.25) is 0 Å². The van der Waals surface area contributed by atoms with E-state index in [-0.39, 0.29) is 0 Å². The zero-order valence-corrected chi connectivity index (χ0v) is 12.1. The maximum atomic E-state index is 3.40. The molecule has 1 saturated heterocycles. The maximum absolute atomic E-state index is 3.40. The molecular weight excluding hydrogens is 222 g/mol. The van der Waals surface area contributed by atoms with Crippen molar-refractivity contribution in [2.45, 2.75) is 33.1 Å². The number of aryl methyl sites for hydroxylation is 2. The largest absolute Gasteiger partial charge is 0.352 e. The van der Waals surface area contributed by atoms with Gasteiger partial charge in [0.25, 0.3) is 0 Å². The SMILES string of the molecule is Cc1cc(CCCCN2CCNCC2)c(C)n1C. The smallest absolute Gasteiger partial charge is 0.0175 e. The number of piperazine rings is 1. The van der Waals surface area contributed by atoms with Crippen LogP contribution in [-0.4, -0.2) is 42.2 Å². The fourth-order valence-corrected chi connectivity index (χ4v) is 2.77. The van der Waals surface area contributed by atoms with Gasteiger partial charge in [0, 0.05) is 44.6 Å². The molecule has 0 aliphatic carbocycles. The average molecular weight is 249 g/mol. The Balaban J connectivity index is 1.70. The lowest BCUT2D eigenvalue weighted by Gasteiger charge is -2.27. The Morgan fingerprint density at radius 2 is 1.89 bits per heavy atom. The molecule has 1 aromatic heterocycles. The van der Waals surface area contributed by atoms with Crippen LogP contribution in [0.5, 0.6) is 0 Å². The highest BCUT2D eigenvalue weighted by atomic mass is 15.2. The normalized spacial score (nSPS) is 17.3. The van der Waals surface area contributed by atoms with Crippen molar-refractivity contribution in [2.24, 2.45) is 7.05 Å². The van der Waals surface area contributed by atoms with Crippen LogP contribution in [0.25, 0.3) is 0 Å². The van der Waals surface area contributed by atoms with Crippen molar-refractivity contribution in [1.29, 1.82) is 0 Å². The Morgan fingerprint density at radius 3 is 2.50 bits per heavy atom. The highest BCUT2D eigenvalue weighted by molar-refractivity contribution is 5.26. The second kappa shape index (κ2) is 6.39. The number of hydrogen-bond donors (Lipinski definition) is 1. The van der Waals surface area contributed by atoms with Gasteiger partial charge in [0.05, 0.1) is 0 Å². The van der Waals surface area contributed by atoms with E-state index in [1.165, 1.54) is 55.8 Å². The summed E-state index contributed by atoms with van der Waals surface area (Å²) < 4.78 is 2.30. The fourth-order valence-electron chi connectivity index (χ4n) is 2.77. The summed E-state index contributed by atoms with van der Waals surface area (Å²) in [6, 6.07) is 2.35. The first-order valence-electron chi connectivity index (χ1n) is 7.23. The summed E-state index contributed by atoms with van der Waals surface area (Å²) in [5, 5.41) is 3.40. The fraction of sp³-hybridized carbons (Fsp3) is 0.733. The van der Waals surface area contributed by atoms with Crippen molar-refractivity contribution < 1.29 is 0 Å². The second-order valence-corrected chi connectivity index (χ2v) is 5.50. The third kappa shape index (κ3) is 3.36. The van der Waals surface area contributed by atoms with Crippen LogP contribution in [0, 0.1) is 13.8 Å². The molecule has 2 heterocycles. The molecule has 1 fully saturated rings. The summed E-state index contributed by atoms with van der Waals surface area (Å²) in [4.78, 5) is 2.58. The molecule has 0 spiro atoms. The molecule has 0 radical (unpaired) electrons. The summed E-state index contributed by atoms with van der Waals surface area (Å²) in [7, 11) is 2.16. The molecule has 102 valence electrons. The van der Waals surface area contributed by atoms with E-state index in [1.54, 1.807) is 0 Å². The number of hydrogen-bond acceptors (Lipinski definition) is 2. The van der Waals surface area contributed by atoms with Crippen LogP contribution >= 0.6 is 0 Å². The van der Waals surface area contributed by atoms with E-state index >= 15 is 0 Å². The van der Waals surface area contributed by atoms with Gasteiger partial charge in [0.15, 0.2) is 0 Å². The number of nitrogens with zero attached hydrogens (tertiary/aromatic N) is 2. The quantitative estimate of drug-likeness (QED) is 0.804. The van der Waals surface area contributed by atoms with E-state index in [4.69, 9.17) is 0 Å². The zero-order chi connectivity index (χ0) is 13.0. The molecule has 0 unspecified atom stereocenters. The Labute approximate surface area is 111 Å². The number of aromatic nitrogens is 1. The number of unbranched alkanes of at least 4 members (excludes halogenated alkanes) is 1. The molecular formula is C15H27N3. The van der Waals surface area contributed by atoms with E-state index in [2.05, 4.69) is 41.7 Å². The highest BCUT2D eigenvalue weighted by Gasteiger charge is 2.09. The minimum atomic E-state index is 1.16. The summed E-state index contributed by atoms with van der Waals surface area (Å²) in [5.41, 5.74) is 4.36. The van der Waals surface area contributed by atoms with Crippen LogP contribution in [0.1, 0.15) is 29.8 Å². The molecule has 0 saturated carbocycles. The van der Waals surface area contributed by atoms with Gasteiger partial charge < -0.3 is 14.8 Å². The van der Waals surface area contributed by atoms with Gasteiger partial charge in [-0.3, -0.25) is 0 Å². The molecule has 0 amide bonds. The lowest BCUT2D eigenvalue weighted by atomic mass is 10.1. The van der Waals surface area contributed by atoms with Gasteiger partial charge >= 0.3 is 0 Å². The predicted molar refractivity (Wildman–Crippen MR) is 77.1 cm³/mol. The average Bonchev–Trinajstić information content (AvgIpc) is 2.64. The number of rotatable bonds is 5. The van der Waals surface area contributed by atoms with Gasteiger partial charge in [-0.2, -0.15) is 0 Å². The minimum Gasteiger partial charge on any atom is -0.352 e. The van der Waals surface area contributed by atoms with Crippen LogP contribution in [0.2, 0.25) is 0 Å². The molecule has 0 atom stereocenters. The van der Waals surface area contributed by atoms with Gasteiger partial charge in [-0.25, -0.2) is 0 Å². The Hall–Kier alpha value is -0.800. The third-order valence-electron chi connectivity index (χ3n) is 4.26. The first-order chi connectivity index (χ1) is 8.68. The Bertz CT molecular complexity index is 375. The molecule has 0 aromatic carbocycles. The summed E-state index contributed by atoms with van der Waals surface area (Å²) >= 11 is 0. The highest BCUT2D eigenvalue weighted by Crippen LogP contribution is 2.15. The summed E-state index contributed by atoms with van der Waals surface area (Å²) in [6.07, 6.45) is 3.88. The summed E-state index contributed by atoms with van der Waals surface area (Å²) in [5.74, 6) is 0. The molecule has 3 heteroatoms.